The molecule has 1 fully saturated rings. The third kappa shape index (κ3) is 5.59. The molecule has 3 heterocycles. The molecule has 0 aliphatic carbocycles. The third-order valence-corrected chi connectivity index (χ3v) is 9.30. The Labute approximate surface area is 262 Å². The van der Waals surface area contributed by atoms with Gasteiger partial charge in [0.15, 0.2) is 4.80 Å². The average Bonchev–Trinajstić information content (AvgIpc) is 3.65. The van der Waals surface area contributed by atoms with Crippen LogP contribution in [0.3, 0.4) is 0 Å². The molecule has 0 amide bonds. The van der Waals surface area contributed by atoms with Crippen molar-refractivity contribution in [3.63, 3.8) is 0 Å². The fourth-order valence-electron chi connectivity index (χ4n) is 5.89. The maximum atomic E-state index is 14.3. The average molecular weight is 659 g/mol. The quantitative estimate of drug-likeness (QED) is 0.242. The summed E-state index contributed by atoms with van der Waals surface area (Å²) in [5.41, 5.74) is 5.30. The zero-order valence-corrected chi connectivity index (χ0v) is 26.7. The van der Waals surface area contributed by atoms with Crippen LogP contribution in [0.2, 0.25) is 0 Å². The minimum absolute atomic E-state index is 0.184. The molecule has 7 nitrogen and oxygen atoms in total. The molecule has 1 aromatic heterocycles. The van der Waals surface area contributed by atoms with Gasteiger partial charge in [0.2, 0.25) is 0 Å². The number of methoxy groups -OCH3 is 1. The van der Waals surface area contributed by atoms with Crippen molar-refractivity contribution in [2.24, 2.45) is 4.99 Å². The SMILES string of the molecule is CCOC(=O)C1=C(c2ccccc2)N=c2s/c(=C\c3ccc(N4CCCC4)c(C)c3)c(=O)n2[C@H]1c1cc(Br)ccc1OC. The number of carbonyl (C=O) groups is 1. The number of halogens is 1. The van der Waals surface area contributed by atoms with E-state index in [0.717, 1.165) is 28.7 Å². The monoisotopic (exact) mass is 657 g/mol. The molecule has 0 N–H and O–H groups in total. The van der Waals surface area contributed by atoms with Crippen molar-refractivity contribution in [3.8, 4) is 5.75 Å². The zero-order valence-electron chi connectivity index (χ0n) is 24.3. The Balaban J connectivity index is 1.59. The molecular formula is C34H32BrN3O4S. The van der Waals surface area contributed by atoms with Crippen molar-refractivity contribution in [1.82, 2.24) is 4.57 Å². The van der Waals surface area contributed by atoms with Crippen molar-refractivity contribution in [2.75, 3.05) is 31.7 Å². The first-order valence-corrected chi connectivity index (χ1v) is 16.0. The highest BCUT2D eigenvalue weighted by molar-refractivity contribution is 9.10. The lowest BCUT2D eigenvalue weighted by atomic mass is 9.92. The van der Waals surface area contributed by atoms with Gasteiger partial charge in [0.05, 0.1) is 29.5 Å². The van der Waals surface area contributed by atoms with E-state index in [1.54, 1.807) is 18.6 Å². The standard InChI is InChI=1S/C34H32BrN3O4S/c1-4-42-33(40)29-30(23-10-6-5-7-11-23)36-34-38(31(29)25-20-24(35)13-15-27(25)41-3)32(39)28(43-34)19-22-12-14-26(21(2)18-22)37-16-8-9-17-37/h5-7,10-15,18-20,31H,4,8-9,16-17H2,1-3H3/b28-19-/t31-/m0/s1. The van der Waals surface area contributed by atoms with Crippen LogP contribution in [-0.2, 0) is 9.53 Å². The number of hydrogen-bond acceptors (Lipinski definition) is 7. The summed E-state index contributed by atoms with van der Waals surface area (Å²) in [4.78, 5) is 35.9. The molecule has 220 valence electrons. The second kappa shape index (κ2) is 12.3. The Morgan fingerprint density at radius 2 is 1.86 bits per heavy atom. The van der Waals surface area contributed by atoms with Gasteiger partial charge in [-0.05, 0) is 74.2 Å². The van der Waals surface area contributed by atoms with Gasteiger partial charge in [-0.25, -0.2) is 9.79 Å². The number of fused-ring (bicyclic) bond motifs is 1. The molecule has 0 unspecified atom stereocenters. The number of esters is 1. The minimum atomic E-state index is -0.820. The van der Waals surface area contributed by atoms with Crippen molar-refractivity contribution < 1.29 is 14.3 Å². The van der Waals surface area contributed by atoms with Gasteiger partial charge in [0.25, 0.3) is 5.56 Å². The number of aromatic nitrogens is 1. The number of rotatable bonds is 7. The lowest BCUT2D eigenvalue weighted by Crippen LogP contribution is -2.40. The molecule has 4 aromatic rings. The fraction of sp³-hybridized carbons (Fsp3) is 0.265. The van der Waals surface area contributed by atoms with Gasteiger partial charge in [-0.3, -0.25) is 9.36 Å². The smallest absolute Gasteiger partial charge is 0.338 e. The number of nitrogens with zero attached hydrogens (tertiary/aromatic N) is 3. The van der Waals surface area contributed by atoms with Gasteiger partial charge >= 0.3 is 5.97 Å². The van der Waals surface area contributed by atoms with E-state index in [1.807, 2.05) is 54.6 Å². The fourth-order valence-corrected chi connectivity index (χ4v) is 7.27. The molecular weight excluding hydrogens is 626 g/mol. The highest BCUT2D eigenvalue weighted by atomic mass is 79.9. The molecule has 9 heteroatoms. The number of aryl methyl sites for hydroxylation is 1. The van der Waals surface area contributed by atoms with E-state index in [2.05, 4.69) is 46.0 Å². The van der Waals surface area contributed by atoms with Gasteiger partial charge in [0, 0.05) is 34.4 Å². The topological polar surface area (TPSA) is 73.1 Å². The van der Waals surface area contributed by atoms with Crippen LogP contribution in [0.1, 0.15) is 48.1 Å². The third-order valence-electron chi connectivity index (χ3n) is 7.83. The van der Waals surface area contributed by atoms with E-state index < -0.39 is 12.0 Å². The van der Waals surface area contributed by atoms with E-state index in [4.69, 9.17) is 14.5 Å². The zero-order chi connectivity index (χ0) is 30.1. The van der Waals surface area contributed by atoms with Crippen LogP contribution in [0.5, 0.6) is 5.75 Å². The maximum absolute atomic E-state index is 14.3. The Bertz CT molecular complexity index is 1910. The van der Waals surface area contributed by atoms with Crippen molar-refractivity contribution >= 4 is 50.7 Å². The molecule has 1 saturated heterocycles. The van der Waals surface area contributed by atoms with Crippen LogP contribution in [0, 0.1) is 6.92 Å². The summed E-state index contributed by atoms with van der Waals surface area (Å²) in [6.45, 7) is 6.21. The molecule has 0 radical (unpaired) electrons. The molecule has 0 saturated carbocycles. The van der Waals surface area contributed by atoms with Gasteiger partial charge in [-0.15, -0.1) is 0 Å². The van der Waals surface area contributed by atoms with E-state index >= 15 is 0 Å². The number of hydrogen-bond donors (Lipinski definition) is 0. The van der Waals surface area contributed by atoms with Crippen molar-refractivity contribution in [1.29, 1.82) is 0 Å². The first-order valence-electron chi connectivity index (χ1n) is 14.4. The van der Waals surface area contributed by atoms with Gasteiger partial charge in [-0.2, -0.15) is 0 Å². The Morgan fingerprint density at radius 3 is 2.56 bits per heavy atom. The summed E-state index contributed by atoms with van der Waals surface area (Å²) >= 11 is 4.89. The molecule has 0 spiro atoms. The summed E-state index contributed by atoms with van der Waals surface area (Å²) in [5, 5.41) is 0. The second-order valence-corrected chi connectivity index (χ2v) is 12.5. The first-order chi connectivity index (χ1) is 20.9. The lowest BCUT2D eigenvalue weighted by Gasteiger charge is -2.27. The molecule has 1 atom stereocenters. The van der Waals surface area contributed by atoms with Crippen molar-refractivity contribution in [2.45, 2.75) is 32.7 Å². The maximum Gasteiger partial charge on any atom is 0.338 e. The Hall–Kier alpha value is -3.95. The van der Waals surface area contributed by atoms with Crippen LogP contribution in [0.4, 0.5) is 5.69 Å². The second-order valence-electron chi connectivity index (χ2n) is 10.6. The van der Waals surface area contributed by atoms with Gasteiger partial charge < -0.3 is 14.4 Å². The molecule has 2 aliphatic heterocycles. The summed E-state index contributed by atoms with van der Waals surface area (Å²) < 4.78 is 14.3. The normalized spacial score (nSPS) is 16.7. The van der Waals surface area contributed by atoms with E-state index in [9.17, 15) is 9.59 Å². The van der Waals surface area contributed by atoms with Gasteiger partial charge in [-0.1, -0.05) is 63.7 Å². The highest BCUT2D eigenvalue weighted by Crippen LogP contribution is 2.40. The molecule has 0 bridgehead atoms. The lowest BCUT2D eigenvalue weighted by molar-refractivity contribution is -0.138. The Kier molecular flexibility index (Phi) is 8.36. The highest BCUT2D eigenvalue weighted by Gasteiger charge is 2.36. The number of carbonyl (C=O) groups excluding carboxylic acids is 1. The van der Waals surface area contributed by atoms with E-state index in [-0.39, 0.29) is 17.7 Å². The molecule has 6 rings (SSSR count). The Morgan fingerprint density at radius 1 is 1.09 bits per heavy atom. The van der Waals surface area contributed by atoms with E-state index in [0.29, 0.717) is 26.3 Å². The predicted octanol–water partition coefficient (Wildman–Crippen LogP) is 5.62. The minimum Gasteiger partial charge on any atom is -0.496 e. The largest absolute Gasteiger partial charge is 0.496 e. The van der Waals surface area contributed by atoms with Crippen molar-refractivity contribution in [3.05, 3.63) is 119 Å². The van der Waals surface area contributed by atoms with E-state index in [1.165, 1.54) is 35.4 Å². The van der Waals surface area contributed by atoms with Crippen LogP contribution in [0.15, 0.2) is 86.6 Å². The summed E-state index contributed by atoms with van der Waals surface area (Å²) in [6, 6.07) is 20.6. The van der Waals surface area contributed by atoms with Crippen LogP contribution in [0.25, 0.3) is 11.8 Å². The molecule has 2 aliphatic rings. The first kappa shape index (κ1) is 29.1. The number of benzene rings is 3. The number of thiazole rings is 1. The predicted molar refractivity (Wildman–Crippen MR) is 174 cm³/mol. The van der Waals surface area contributed by atoms with Crippen LogP contribution in [-0.4, -0.2) is 37.3 Å². The number of anilines is 1. The summed E-state index contributed by atoms with van der Waals surface area (Å²) in [6.07, 6.45) is 4.34. The summed E-state index contributed by atoms with van der Waals surface area (Å²) in [7, 11) is 1.58. The van der Waals surface area contributed by atoms with Crippen LogP contribution < -0.4 is 24.5 Å². The summed E-state index contributed by atoms with van der Waals surface area (Å²) in [5.74, 6) is 0.0200. The molecule has 43 heavy (non-hydrogen) atoms. The molecule has 3 aromatic carbocycles. The number of ether oxygens (including phenoxy) is 2. The van der Waals surface area contributed by atoms with Gasteiger partial charge in [0.1, 0.15) is 11.8 Å². The van der Waals surface area contributed by atoms with Crippen LogP contribution >= 0.6 is 27.3 Å².